The van der Waals surface area contributed by atoms with Crippen molar-refractivity contribution in [2.24, 2.45) is 0 Å². The number of benzene rings is 1. The molecule has 6 nitrogen and oxygen atoms in total. The van der Waals surface area contributed by atoms with Crippen LogP contribution in [0, 0.1) is 11.6 Å². The Morgan fingerprint density at radius 1 is 1.33 bits per heavy atom. The van der Waals surface area contributed by atoms with Gasteiger partial charge in [0.25, 0.3) is 5.91 Å². The van der Waals surface area contributed by atoms with Crippen molar-refractivity contribution in [1.82, 2.24) is 9.88 Å². The van der Waals surface area contributed by atoms with Gasteiger partial charge in [-0.3, -0.25) is 9.59 Å². The number of carboxylic acids is 1. The molecule has 2 rings (SSSR count). The maximum atomic E-state index is 13.7. The molecule has 1 unspecified atom stereocenters. The van der Waals surface area contributed by atoms with E-state index >= 15 is 0 Å². The Balaban J connectivity index is 2.35. The number of halogens is 2. The minimum absolute atomic E-state index is 0.214. The van der Waals surface area contributed by atoms with E-state index in [1.54, 1.807) is 13.8 Å². The summed E-state index contributed by atoms with van der Waals surface area (Å²) in [6, 6.07) is 2.93. The highest BCUT2D eigenvalue weighted by Crippen LogP contribution is 2.25. The Morgan fingerprint density at radius 3 is 2.50 bits per heavy atom. The number of oxazole rings is 1. The quantitative estimate of drug-likeness (QED) is 0.875. The Hall–Kier alpha value is -2.77. The van der Waals surface area contributed by atoms with Crippen LogP contribution in [0.25, 0.3) is 11.5 Å². The van der Waals surface area contributed by atoms with Crippen LogP contribution >= 0.6 is 0 Å². The Bertz CT molecular complexity index is 740. The Morgan fingerprint density at radius 2 is 1.96 bits per heavy atom. The molecular formula is C16H16F2N2O4. The van der Waals surface area contributed by atoms with Gasteiger partial charge < -0.3 is 14.4 Å². The van der Waals surface area contributed by atoms with E-state index in [-0.39, 0.29) is 17.6 Å². The van der Waals surface area contributed by atoms with E-state index in [0.29, 0.717) is 6.42 Å². The van der Waals surface area contributed by atoms with Gasteiger partial charge >= 0.3 is 5.97 Å². The summed E-state index contributed by atoms with van der Waals surface area (Å²) in [5.74, 6) is -3.99. The number of hydrogen-bond acceptors (Lipinski definition) is 4. The van der Waals surface area contributed by atoms with Crippen molar-refractivity contribution in [2.45, 2.75) is 26.3 Å². The van der Waals surface area contributed by atoms with Crippen LogP contribution in [0.2, 0.25) is 0 Å². The topological polar surface area (TPSA) is 83.6 Å². The largest absolute Gasteiger partial charge is 0.480 e. The third-order valence-electron chi connectivity index (χ3n) is 3.59. The van der Waals surface area contributed by atoms with Crippen LogP contribution in [0.1, 0.15) is 30.8 Å². The molecular weight excluding hydrogens is 322 g/mol. The molecule has 1 aromatic carbocycles. The molecule has 0 bridgehead atoms. The number of hydrogen-bond donors (Lipinski definition) is 1. The molecule has 2 aromatic rings. The summed E-state index contributed by atoms with van der Waals surface area (Å²) >= 11 is 0. The lowest BCUT2D eigenvalue weighted by molar-refractivity contribution is -0.138. The van der Waals surface area contributed by atoms with E-state index in [2.05, 4.69) is 4.98 Å². The van der Waals surface area contributed by atoms with E-state index in [9.17, 15) is 18.4 Å². The van der Waals surface area contributed by atoms with Crippen LogP contribution in [0.4, 0.5) is 8.78 Å². The van der Waals surface area contributed by atoms with Crippen molar-refractivity contribution in [3.63, 3.8) is 0 Å². The van der Waals surface area contributed by atoms with Gasteiger partial charge in [-0.15, -0.1) is 0 Å². The van der Waals surface area contributed by atoms with Crippen molar-refractivity contribution < 1.29 is 27.9 Å². The number of rotatable bonds is 6. The van der Waals surface area contributed by atoms with E-state index in [1.807, 2.05) is 0 Å². The first-order chi connectivity index (χ1) is 11.3. The van der Waals surface area contributed by atoms with Crippen LogP contribution in [0.5, 0.6) is 0 Å². The first-order valence-corrected chi connectivity index (χ1v) is 7.27. The molecule has 1 amide bonds. The van der Waals surface area contributed by atoms with Gasteiger partial charge in [-0.05, 0) is 25.5 Å². The van der Waals surface area contributed by atoms with E-state index in [4.69, 9.17) is 9.52 Å². The molecule has 0 aliphatic heterocycles. The highest BCUT2D eigenvalue weighted by atomic mass is 19.1. The van der Waals surface area contributed by atoms with E-state index < -0.39 is 35.6 Å². The van der Waals surface area contributed by atoms with Gasteiger partial charge in [0.2, 0.25) is 5.89 Å². The number of carbonyl (C=O) groups excluding carboxylic acids is 1. The highest BCUT2D eigenvalue weighted by Gasteiger charge is 2.26. The predicted molar refractivity (Wildman–Crippen MR) is 80.3 cm³/mol. The summed E-state index contributed by atoms with van der Waals surface area (Å²) in [4.78, 5) is 28.3. The van der Waals surface area contributed by atoms with Crippen molar-refractivity contribution >= 4 is 11.9 Å². The zero-order valence-corrected chi connectivity index (χ0v) is 13.1. The Kier molecular flexibility index (Phi) is 5.28. The zero-order valence-electron chi connectivity index (χ0n) is 13.1. The van der Waals surface area contributed by atoms with Crippen molar-refractivity contribution in [3.8, 4) is 11.5 Å². The summed E-state index contributed by atoms with van der Waals surface area (Å²) in [6.07, 6.45) is 1.49. The molecule has 0 saturated carbocycles. The third-order valence-corrected chi connectivity index (χ3v) is 3.59. The van der Waals surface area contributed by atoms with Crippen LogP contribution in [-0.4, -0.2) is 39.5 Å². The minimum atomic E-state index is -1.17. The minimum Gasteiger partial charge on any atom is -0.480 e. The number of carbonyl (C=O) groups is 2. The average Bonchev–Trinajstić information content (AvgIpc) is 3.00. The SMILES string of the molecule is CCC(C)N(CC(=O)O)C(=O)c1coc(-c2c(F)cccc2F)n1. The monoisotopic (exact) mass is 338 g/mol. The van der Waals surface area contributed by atoms with Crippen LogP contribution in [0.15, 0.2) is 28.9 Å². The van der Waals surface area contributed by atoms with Crippen molar-refractivity contribution in [3.05, 3.63) is 41.8 Å². The number of aromatic nitrogens is 1. The van der Waals surface area contributed by atoms with Crippen molar-refractivity contribution in [1.29, 1.82) is 0 Å². The number of aliphatic carboxylic acids is 1. The summed E-state index contributed by atoms with van der Waals surface area (Å²) < 4.78 is 32.5. The second kappa shape index (κ2) is 7.20. The molecule has 1 atom stereocenters. The third kappa shape index (κ3) is 3.58. The lowest BCUT2D eigenvalue weighted by Crippen LogP contribution is -2.42. The molecule has 0 aliphatic rings. The van der Waals surface area contributed by atoms with Gasteiger partial charge in [-0.25, -0.2) is 13.8 Å². The average molecular weight is 338 g/mol. The molecule has 1 N–H and O–H groups in total. The first-order valence-electron chi connectivity index (χ1n) is 7.27. The Labute approximate surface area is 136 Å². The maximum Gasteiger partial charge on any atom is 0.323 e. The lowest BCUT2D eigenvalue weighted by Gasteiger charge is -2.25. The number of nitrogens with zero attached hydrogens (tertiary/aromatic N) is 2. The van der Waals surface area contributed by atoms with Crippen LogP contribution < -0.4 is 0 Å². The van der Waals surface area contributed by atoms with Gasteiger partial charge in [-0.1, -0.05) is 13.0 Å². The summed E-state index contributed by atoms with van der Waals surface area (Å²) in [7, 11) is 0. The molecule has 0 aliphatic carbocycles. The molecule has 8 heteroatoms. The van der Waals surface area contributed by atoms with Crippen LogP contribution in [0.3, 0.4) is 0 Å². The number of amides is 1. The lowest BCUT2D eigenvalue weighted by atomic mass is 10.2. The fraction of sp³-hybridized carbons (Fsp3) is 0.312. The first kappa shape index (κ1) is 17.6. The molecule has 0 fully saturated rings. The highest BCUT2D eigenvalue weighted by molar-refractivity contribution is 5.94. The second-order valence-electron chi connectivity index (χ2n) is 5.22. The van der Waals surface area contributed by atoms with Gasteiger partial charge in [0, 0.05) is 6.04 Å². The molecule has 128 valence electrons. The number of carboxylic acid groups (broad SMARTS) is 1. The molecule has 24 heavy (non-hydrogen) atoms. The standard InChI is InChI=1S/C16H16F2N2O4/c1-3-9(2)20(7-13(21)22)16(23)12-8-24-15(19-12)14-10(17)5-4-6-11(14)18/h4-6,8-9H,3,7H2,1-2H3,(H,21,22). The molecule has 1 aromatic heterocycles. The van der Waals surface area contributed by atoms with Crippen LogP contribution in [-0.2, 0) is 4.79 Å². The summed E-state index contributed by atoms with van der Waals surface area (Å²) in [6.45, 7) is 2.98. The van der Waals surface area contributed by atoms with Gasteiger partial charge in [0.1, 0.15) is 30.0 Å². The normalized spacial score (nSPS) is 12.0. The smallest absolute Gasteiger partial charge is 0.323 e. The second-order valence-corrected chi connectivity index (χ2v) is 5.22. The maximum absolute atomic E-state index is 13.7. The van der Waals surface area contributed by atoms with Crippen molar-refractivity contribution in [2.75, 3.05) is 6.54 Å². The molecule has 0 saturated heterocycles. The summed E-state index contributed by atoms with van der Waals surface area (Å²) in [5, 5.41) is 8.94. The zero-order chi connectivity index (χ0) is 17.9. The fourth-order valence-electron chi connectivity index (χ4n) is 2.13. The molecule has 0 radical (unpaired) electrons. The van der Waals surface area contributed by atoms with Gasteiger partial charge in [-0.2, -0.15) is 0 Å². The predicted octanol–water partition coefficient (Wildman–Crippen LogP) is 2.95. The molecule has 1 heterocycles. The van der Waals surface area contributed by atoms with E-state index in [0.717, 1.165) is 23.3 Å². The van der Waals surface area contributed by atoms with E-state index in [1.165, 1.54) is 6.07 Å². The fourth-order valence-corrected chi connectivity index (χ4v) is 2.13. The van der Waals surface area contributed by atoms with Gasteiger partial charge in [0.15, 0.2) is 5.69 Å². The van der Waals surface area contributed by atoms with Gasteiger partial charge in [0.05, 0.1) is 0 Å². The summed E-state index contributed by atoms with van der Waals surface area (Å²) in [5.41, 5.74) is -0.695. The molecule has 0 spiro atoms.